The summed E-state index contributed by atoms with van der Waals surface area (Å²) in [6.45, 7) is 5.52. The quantitative estimate of drug-likeness (QED) is 0.854. The predicted molar refractivity (Wildman–Crippen MR) is 71.3 cm³/mol. The summed E-state index contributed by atoms with van der Waals surface area (Å²) in [5.41, 5.74) is -0.481. The molecule has 0 saturated heterocycles. The molecule has 1 N–H and O–H groups in total. The lowest BCUT2D eigenvalue weighted by Gasteiger charge is -2.23. The highest BCUT2D eigenvalue weighted by atomic mass is 32.1. The van der Waals surface area contributed by atoms with Crippen LogP contribution in [0.1, 0.15) is 38.1 Å². The molecule has 1 rings (SSSR count). The summed E-state index contributed by atoms with van der Waals surface area (Å²) in [7, 11) is 1.35. The van der Waals surface area contributed by atoms with Crippen molar-refractivity contribution < 1.29 is 14.3 Å². The van der Waals surface area contributed by atoms with Gasteiger partial charge in [-0.3, -0.25) is 9.59 Å². The fourth-order valence-corrected chi connectivity index (χ4v) is 2.11. The molecule has 1 atom stereocenters. The summed E-state index contributed by atoms with van der Waals surface area (Å²) in [6, 6.07) is 3.48. The number of hydrogen-bond donors (Lipinski definition) is 1. The number of hydrogen-bond acceptors (Lipinski definition) is 4. The lowest BCUT2D eigenvalue weighted by atomic mass is 9.95. The van der Waals surface area contributed by atoms with Gasteiger partial charge in [-0.05, 0) is 11.4 Å². The van der Waals surface area contributed by atoms with Crippen LogP contribution in [0, 0.1) is 5.41 Å². The van der Waals surface area contributed by atoms with E-state index in [-0.39, 0.29) is 24.3 Å². The standard InChI is InChI=1S/C13H19NO3S/c1-13(2,3)12(16)14-9(8-11(15)17-4)10-6-5-7-18-10/h5-7,9H,8H2,1-4H3,(H,14,16). The van der Waals surface area contributed by atoms with E-state index in [4.69, 9.17) is 0 Å². The number of thiophene rings is 1. The Balaban J connectivity index is 2.79. The lowest BCUT2D eigenvalue weighted by Crippen LogP contribution is -2.38. The van der Waals surface area contributed by atoms with Crippen LogP contribution in [0.25, 0.3) is 0 Å². The zero-order valence-electron chi connectivity index (χ0n) is 11.1. The monoisotopic (exact) mass is 269 g/mol. The second-order valence-corrected chi connectivity index (χ2v) is 6.05. The molecule has 0 saturated carbocycles. The van der Waals surface area contributed by atoms with Crippen molar-refractivity contribution in [3.05, 3.63) is 22.4 Å². The minimum absolute atomic E-state index is 0.0789. The first-order valence-corrected chi connectivity index (χ1v) is 6.63. The Morgan fingerprint density at radius 2 is 2.11 bits per heavy atom. The van der Waals surface area contributed by atoms with Gasteiger partial charge in [-0.15, -0.1) is 11.3 Å². The zero-order valence-corrected chi connectivity index (χ0v) is 12.0. The van der Waals surface area contributed by atoms with Gasteiger partial charge in [0.1, 0.15) is 0 Å². The summed E-state index contributed by atoms with van der Waals surface area (Å²) in [4.78, 5) is 24.3. The maximum absolute atomic E-state index is 12.0. The second kappa shape index (κ2) is 6.00. The molecule has 1 aromatic heterocycles. The Morgan fingerprint density at radius 1 is 1.44 bits per heavy atom. The number of amides is 1. The van der Waals surface area contributed by atoms with Crippen molar-refractivity contribution in [3.8, 4) is 0 Å². The number of methoxy groups -OCH3 is 1. The number of rotatable bonds is 4. The van der Waals surface area contributed by atoms with E-state index in [1.54, 1.807) is 0 Å². The SMILES string of the molecule is COC(=O)CC(NC(=O)C(C)(C)C)c1cccs1. The predicted octanol–water partition coefficient (Wildman–Crippen LogP) is 2.51. The van der Waals surface area contributed by atoms with Gasteiger partial charge in [-0.2, -0.15) is 0 Å². The highest BCUT2D eigenvalue weighted by Crippen LogP contribution is 2.24. The third kappa shape index (κ3) is 4.14. The largest absolute Gasteiger partial charge is 0.469 e. The summed E-state index contributed by atoms with van der Waals surface area (Å²) < 4.78 is 4.66. The molecule has 1 amide bonds. The Hall–Kier alpha value is -1.36. The van der Waals surface area contributed by atoms with Crippen LogP contribution < -0.4 is 5.32 Å². The van der Waals surface area contributed by atoms with E-state index in [0.29, 0.717) is 0 Å². The van der Waals surface area contributed by atoms with E-state index in [1.165, 1.54) is 18.4 Å². The molecular formula is C13H19NO3S. The number of carbonyl (C=O) groups excluding carboxylic acids is 2. The first-order chi connectivity index (χ1) is 8.34. The Labute approximate surface area is 111 Å². The van der Waals surface area contributed by atoms with Gasteiger partial charge in [-0.25, -0.2) is 0 Å². The topological polar surface area (TPSA) is 55.4 Å². The van der Waals surface area contributed by atoms with Gasteiger partial charge in [0.25, 0.3) is 0 Å². The van der Waals surface area contributed by atoms with Crippen LogP contribution in [0.4, 0.5) is 0 Å². The molecule has 1 unspecified atom stereocenters. The molecule has 1 aromatic rings. The Morgan fingerprint density at radius 3 is 2.56 bits per heavy atom. The van der Waals surface area contributed by atoms with E-state index in [0.717, 1.165) is 4.88 Å². The maximum atomic E-state index is 12.0. The lowest BCUT2D eigenvalue weighted by molar-refractivity contribution is -0.141. The summed E-state index contributed by atoms with van der Waals surface area (Å²) in [5.74, 6) is -0.410. The van der Waals surface area contributed by atoms with Gasteiger partial charge >= 0.3 is 5.97 Å². The van der Waals surface area contributed by atoms with E-state index < -0.39 is 5.41 Å². The maximum Gasteiger partial charge on any atom is 0.307 e. The molecule has 18 heavy (non-hydrogen) atoms. The third-order valence-corrected chi connectivity index (χ3v) is 3.46. The molecule has 0 aliphatic heterocycles. The highest BCUT2D eigenvalue weighted by Gasteiger charge is 2.26. The number of esters is 1. The number of ether oxygens (including phenoxy) is 1. The van der Waals surface area contributed by atoms with Crippen LogP contribution in [-0.4, -0.2) is 19.0 Å². The average Bonchev–Trinajstić information content (AvgIpc) is 2.79. The molecular weight excluding hydrogens is 250 g/mol. The van der Waals surface area contributed by atoms with Crippen LogP contribution in [-0.2, 0) is 14.3 Å². The van der Waals surface area contributed by atoms with E-state index in [1.807, 2.05) is 38.3 Å². The first kappa shape index (κ1) is 14.7. The van der Waals surface area contributed by atoms with Crippen molar-refractivity contribution in [2.45, 2.75) is 33.2 Å². The van der Waals surface area contributed by atoms with Gasteiger partial charge in [0.2, 0.25) is 5.91 Å². The van der Waals surface area contributed by atoms with Crippen molar-refractivity contribution in [1.29, 1.82) is 0 Å². The molecule has 1 heterocycles. The van der Waals surface area contributed by atoms with Crippen LogP contribution in [0.5, 0.6) is 0 Å². The normalized spacial score (nSPS) is 12.9. The summed E-state index contributed by atoms with van der Waals surface area (Å²) in [6.07, 6.45) is 0.152. The molecule has 0 spiro atoms. The average molecular weight is 269 g/mol. The van der Waals surface area contributed by atoms with Crippen molar-refractivity contribution >= 4 is 23.2 Å². The van der Waals surface area contributed by atoms with E-state index in [9.17, 15) is 9.59 Å². The molecule has 0 aromatic carbocycles. The fourth-order valence-electron chi connectivity index (χ4n) is 1.34. The van der Waals surface area contributed by atoms with E-state index in [2.05, 4.69) is 10.1 Å². The van der Waals surface area contributed by atoms with Gasteiger partial charge in [0.05, 0.1) is 19.6 Å². The van der Waals surface area contributed by atoms with E-state index >= 15 is 0 Å². The smallest absolute Gasteiger partial charge is 0.307 e. The highest BCUT2D eigenvalue weighted by molar-refractivity contribution is 7.10. The van der Waals surface area contributed by atoms with Crippen molar-refractivity contribution in [2.24, 2.45) is 5.41 Å². The van der Waals surface area contributed by atoms with Crippen LogP contribution >= 0.6 is 11.3 Å². The number of carbonyl (C=O) groups is 2. The Kier molecular flexibility index (Phi) is 4.90. The summed E-state index contributed by atoms with van der Waals surface area (Å²) >= 11 is 1.51. The van der Waals surface area contributed by atoms with Gasteiger partial charge in [0, 0.05) is 10.3 Å². The van der Waals surface area contributed by atoms with Crippen molar-refractivity contribution in [1.82, 2.24) is 5.32 Å². The molecule has 100 valence electrons. The molecule has 0 aliphatic rings. The van der Waals surface area contributed by atoms with Crippen LogP contribution in [0.3, 0.4) is 0 Å². The van der Waals surface area contributed by atoms with Crippen molar-refractivity contribution in [3.63, 3.8) is 0 Å². The molecule has 0 bridgehead atoms. The minimum Gasteiger partial charge on any atom is -0.469 e. The molecule has 0 aliphatic carbocycles. The first-order valence-electron chi connectivity index (χ1n) is 5.75. The van der Waals surface area contributed by atoms with Crippen LogP contribution in [0.15, 0.2) is 17.5 Å². The zero-order chi connectivity index (χ0) is 13.8. The minimum atomic E-state index is -0.481. The summed E-state index contributed by atoms with van der Waals surface area (Å²) in [5, 5.41) is 4.81. The number of nitrogens with one attached hydrogen (secondary N) is 1. The molecule has 0 fully saturated rings. The van der Waals surface area contributed by atoms with Gasteiger partial charge < -0.3 is 10.1 Å². The third-order valence-electron chi connectivity index (χ3n) is 2.47. The molecule has 0 radical (unpaired) electrons. The van der Waals surface area contributed by atoms with Gasteiger partial charge in [0.15, 0.2) is 0 Å². The molecule has 5 heteroatoms. The van der Waals surface area contributed by atoms with Gasteiger partial charge in [-0.1, -0.05) is 26.8 Å². The molecule has 4 nitrogen and oxygen atoms in total. The second-order valence-electron chi connectivity index (χ2n) is 5.07. The van der Waals surface area contributed by atoms with Crippen LogP contribution in [0.2, 0.25) is 0 Å². The van der Waals surface area contributed by atoms with Crippen molar-refractivity contribution in [2.75, 3.05) is 7.11 Å². The fraction of sp³-hybridized carbons (Fsp3) is 0.538. The Bertz CT molecular complexity index is 406.